The summed E-state index contributed by atoms with van der Waals surface area (Å²) in [5.74, 6) is 1.64. The smallest absolute Gasteiger partial charge is 0.262 e. The van der Waals surface area contributed by atoms with Crippen molar-refractivity contribution in [1.82, 2.24) is 19.2 Å². The number of rotatable bonds is 8. The lowest BCUT2D eigenvalue weighted by atomic mass is 10.1. The highest BCUT2D eigenvalue weighted by Gasteiger charge is 2.17. The van der Waals surface area contributed by atoms with E-state index in [-0.39, 0.29) is 17.9 Å². The van der Waals surface area contributed by atoms with Gasteiger partial charge in [0.05, 0.1) is 18.0 Å². The van der Waals surface area contributed by atoms with Crippen LogP contribution in [0.15, 0.2) is 83.7 Å². The quantitative estimate of drug-likeness (QED) is 0.374. The van der Waals surface area contributed by atoms with Crippen molar-refractivity contribution < 1.29 is 9.53 Å². The maximum absolute atomic E-state index is 13.3. The van der Waals surface area contributed by atoms with E-state index in [0.717, 1.165) is 11.1 Å². The van der Waals surface area contributed by atoms with Crippen LogP contribution < -0.4 is 15.6 Å². The summed E-state index contributed by atoms with van der Waals surface area (Å²) in [5, 5.41) is 12.2. The summed E-state index contributed by atoms with van der Waals surface area (Å²) >= 11 is 0. The molecule has 3 aromatic carbocycles. The summed E-state index contributed by atoms with van der Waals surface area (Å²) in [6.45, 7) is 0.478. The Morgan fingerprint density at radius 3 is 2.57 bits per heavy atom. The third-order valence-corrected chi connectivity index (χ3v) is 5.97. The second-order valence-corrected chi connectivity index (χ2v) is 8.24. The molecule has 2 heterocycles. The molecule has 8 nitrogen and oxygen atoms in total. The third kappa shape index (κ3) is 4.63. The van der Waals surface area contributed by atoms with Gasteiger partial charge in [0.1, 0.15) is 11.6 Å². The van der Waals surface area contributed by atoms with Crippen LogP contribution in [0.3, 0.4) is 0 Å². The fourth-order valence-corrected chi connectivity index (χ4v) is 4.21. The van der Waals surface area contributed by atoms with Crippen LogP contribution in [0, 0.1) is 0 Å². The van der Waals surface area contributed by atoms with Crippen LogP contribution >= 0.6 is 0 Å². The second kappa shape index (κ2) is 9.80. The number of ether oxygens (including phenoxy) is 1. The largest absolute Gasteiger partial charge is 0.497 e. The van der Waals surface area contributed by atoms with E-state index in [2.05, 4.69) is 15.5 Å². The van der Waals surface area contributed by atoms with E-state index in [1.54, 1.807) is 17.7 Å². The Kier molecular flexibility index (Phi) is 6.26. The van der Waals surface area contributed by atoms with Gasteiger partial charge in [-0.3, -0.25) is 18.6 Å². The van der Waals surface area contributed by atoms with Gasteiger partial charge in [-0.05, 0) is 36.2 Å². The number of nitrogens with zero attached hydrogens (tertiary/aromatic N) is 4. The van der Waals surface area contributed by atoms with Crippen molar-refractivity contribution in [2.45, 2.75) is 25.8 Å². The number of hydrogen-bond acceptors (Lipinski definition) is 5. The van der Waals surface area contributed by atoms with Crippen LogP contribution in [0.4, 0.5) is 5.69 Å². The minimum Gasteiger partial charge on any atom is -0.497 e. The number of aromatic nitrogens is 4. The molecule has 0 saturated carbocycles. The van der Waals surface area contributed by atoms with Crippen molar-refractivity contribution in [3.05, 3.63) is 101 Å². The van der Waals surface area contributed by atoms with E-state index in [9.17, 15) is 9.59 Å². The molecule has 0 atom stereocenters. The standard InChI is InChI=1S/C27H25N5O3/c1-35-21-11-7-10-20(18-21)28-25(33)15-14-24-29-30-27-31(17-16-19-8-3-2-4-9-19)26(34)22-12-5-6-13-23(22)32(24)27/h2-13,18H,14-17H2,1H3,(H,28,33). The summed E-state index contributed by atoms with van der Waals surface area (Å²) in [6, 6.07) is 24.7. The zero-order valence-electron chi connectivity index (χ0n) is 19.3. The first-order chi connectivity index (χ1) is 17.1. The average Bonchev–Trinajstić information content (AvgIpc) is 3.32. The number of carbonyl (C=O) groups is 1. The predicted molar refractivity (Wildman–Crippen MR) is 135 cm³/mol. The molecule has 0 aliphatic carbocycles. The molecule has 1 amide bonds. The molecule has 1 N–H and O–H groups in total. The molecule has 5 rings (SSSR count). The maximum Gasteiger partial charge on any atom is 0.262 e. The number of anilines is 1. The Bertz CT molecular complexity index is 1560. The molecular formula is C27H25N5O3. The van der Waals surface area contributed by atoms with E-state index in [0.29, 0.717) is 47.8 Å². The summed E-state index contributed by atoms with van der Waals surface area (Å²) in [6.07, 6.45) is 1.28. The highest BCUT2D eigenvalue weighted by atomic mass is 16.5. The topological polar surface area (TPSA) is 90.5 Å². The van der Waals surface area contributed by atoms with Crippen LogP contribution in [0.1, 0.15) is 17.8 Å². The first-order valence-corrected chi connectivity index (χ1v) is 11.5. The van der Waals surface area contributed by atoms with Gasteiger partial charge in [0.2, 0.25) is 11.7 Å². The zero-order valence-corrected chi connectivity index (χ0v) is 19.3. The van der Waals surface area contributed by atoms with Crippen molar-refractivity contribution in [2.24, 2.45) is 0 Å². The number of methoxy groups -OCH3 is 1. The Labute approximate surface area is 201 Å². The van der Waals surface area contributed by atoms with Gasteiger partial charge in [-0.1, -0.05) is 48.5 Å². The number of para-hydroxylation sites is 1. The monoisotopic (exact) mass is 467 g/mol. The van der Waals surface area contributed by atoms with Crippen LogP contribution in [-0.2, 0) is 24.2 Å². The first-order valence-electron chi connectivity index (χ1n) is 11.5. The number of nitrogens with one attached hydrogen (secondary N) is 1. The average molecular weight is 468 g/mol. The molecule has 0 bridgehead atoms. The molecule has 35 heavy (non-hydrogen) atoms. The molecule has 0 fully saturated rings. The van der Waals surface area contributed by atoms with Crippen molar-refractivity contribution in [1.29, 1.82) is 0 Å². The summed E-state index contributed by atoms with van der Waals surface area (Å²) < 4.78 is 8.77. The molecule has 2 aromatic heterocycles. The molecule has 0 aliphatic heterocycles. The molecule has 0 radical (unpaired) electrons. The zero-order chi connectivity index (χ0) is 24.2. The Balaban J connectivity index is 1.43. The molecule has 0 spiro atoms. The summed E-state index contributed by atoms with van der Waals surface area (Å²) in [4.78, 5) is 25.9. The van der Waals surface area contributed by atoms with Gasteiger partial charge in [0, 0.05) is 31.1 Å². The van der Waals surface area contributed by atoms with E-state index in [4.69, 9.17) is 4.74 Å². The summed E-state index contributed by atoms with van der Waals surface area (Å²) in [7, 11) is 1.58. The van der Waals surface area contributed by atoms with Crippen LogP contribution in [0.5, 0.6) is 5.75 Å². The number of benzene rings is 3. The van der Waals surface area contributed by atoms with E-state index >= 15 is 0 Å². The number of hydrogen-bond donors (Lipinski definition) is 1. The Morgan fingerprint density at radius 1 is 0.943 bits per heavy atom. The van der Waals surface area contributed by atoms with Crippen LogP contribution in [0.2, 0.25) is 0 Å². The normalized spacial score (nSPS) is 11.1. The fourth-order valence-electron chi connectivity index (χ4n) is 4.21. The van der Waals surface area contributed by atoms with Gasteiger partial charge in [-0.2, -0.15) is 0 Å². The van der Waals surface area contributed by atoms with Crippen molar-refractivity contribution in [3.8, 4) is 5.75 Å². The number of carbonyl (C=O) groups excluding carboxylic acids is 1. The number of fused-ring (bicyclic) bond motifs is 3. The number of aryl methyl sites for hydroxylation is 3. The number of amides is 1. The Hall–Kier alpha value is -4.46. The first kappa shape index (κ1) is 22.3. The van der Waals surface area contributed by atoms with Crippen molar-refractivity contribution in [2.75, 3.05) is 12.4 Å². The predicted octanol–water partition coefficient (Wildman–Crippen LogP) is 3.87. The van der Waals surface area contributed by atoms with Gasteiger partial charge in [0.25, 0.3) is 5.56 Å². The minimum absolute atomic E-state index is 0.0984. The Morgan fingerprint density at radius 2 is 1.74 bits per heavy atom. The van der Waals surface area contributed by atoms with E-state index < -0.39 is 0 Å². The fraction of sp³-hybridized carbons (Fsp3) is 0.185. The third-order valence-electron chi connectivity index (χ3n) is 5.97. The van der Waals surface area contributed by atoms with Crippen molar-refractivity contribution in [3.63, 3.8) is 0 Å². The maximum atomic E-state index is 13.3. The van der Waals surface area contributed by atoms with Gasteiger partial charge in [-0.15, -0.1) is 10.2 Å². The lowest BCUT2D eigenvalue weighted by molar-refractivity contribution is -0.116. The molecule has 5 aromatic rings. The van der Waals surface area contributed by atoms with E-state index in [1.165, 1.54) is 0 Å². The molecule has 8 heteroatoms. The van der Waals surface area contributed by atoms with Crippen LogP contribution in [-0.4, -0.2) is 32.2 Å². The highest BCUT2D eigenvalue weighted by Crippen LogP contribution is 2.18. The molecule has 176 valence electrons. The lowest BCUT2D eigenvalue weighted by Crippen LogP contribution is -2.24. The van der Waals surface area contributed by atoms with E-state index in [1.807, 2.05) is 77.2 Å². The van der Waals surface area contributed by atoms with Gasteiger partial charge in [0.15, 0.2) is 0 Å². The minimum atomic E-state index is -0.142. The van der Waals surface area contributed by atoms with Gasteiger partial charge < -0.3 is 10.1 Å². The molecule has 0 aliphatic rings. The lowest BCUT2D eigenvalue weighted by Gasteiger charge is -2.12. The highest BCUT2D eigenvalue weighted by molar-refractivity contribution is 5.91. The molecule has 0 saturated heterocycles. The molecule has 0 unspecified atom stereocenters. The SMILES string of the molecule is COc1cccc(NC(=O)CCc2nnc3n(CCc4ccccc4)c(=O)c4ccccc4n23)c1. The van der Waals surface area contributed by atoms with Crippen LogP contribution in [0.25, 0.3) is 16.7 Å². The van der Waals surface area contributed by atoms with Crippen molar-refractivity contribution >= 4 is 28.3 Å². The molecular weight excluding hydrogens is 442 g/mol. The van der Waals surface area contributed by atoms with Gasteiger partial charge in [-0.25, -0.2) is 0 Å². The summed E-state index contributed by atoms with van der Waals surface area (Å²) in [5.41, 5.74) is 2.44. The second-order valence-electron chi connectivity index (χ2n) is 8.24. The van der Waals surface area contributed by atoms with Gasteiger partial charge >= 0.3 is 0 Å².